The SMILES string of the molecule is CCC(P)(P)CC(=O)OP. The molecule has 0 aliphatic rings. The van der Waals surface area contributed by atoms with Crippen molar-refractivity contribution in [3.8, 4) is 0 Å². The molecule has 0 spiro atoms. The molecule has 0 fully saturated rings. The number of hydrogen-bond donors (Lipinski definition) is 0. The van der Waals surface area contributed by atoms with Crippen molar-refractivity contribution in [3.05, 3.63) is 0 Å². The molecule has 3 unspecified atom stereocenters. The number of carbonyl (C=O) groups excluding carboxylic acids is 1. The molecule has 0 N–H and O–H groups in total. The summed E-state index contributed by atoms with van der Waals surface area (Å²) < 4.78 is 4.44. The van der Waals surface area contributed by atoms with Crippen molar-refractivity contribution in [3.63, 3.8) is 0 Å². The van der Waals surface area contributed by atoms with Crippen LogP contribution in [0.2, 0.25) is 0 Å². The lowest BCUT2D eigenvalue weighted by molar-refractivity contribution is -0.133. The Morgan fingerprint density at radius 2 is 2.10 bits per heavy atom. The Bertz CT molecular complexity index is 124. The molecule has 3 atom stereocenters. The topological polar surface area (TPSA) is 26.3 Å². The van der Waals surface area contributed by atoms with E-state index in [9.17, 15) is 4.79 Å². The fraction of sp³-hybridized carbons (Fsp3) is 0.800. The average Bonchev–Trinajstić information content (AvgIpc) is 1.87. The van der Waals surface area contributed by atoms with Gasteiger partial charge in [-0.15, -0.1) is 18.5 Å². The average molecular weight is 198 g/mol. The van der Waals surface area contributed by atoms with Gasteiger partial charge in [0.05, 0.1) is 15.9 Å². The van der Waals surface area contributed by atoms with E-state index in [4.69, 9.17) is 0 Å². The van der Waals surface area contributed by atoms with Crippen LogP contribution in [-0.2, 0) is 9.32 Å². The van der Waals surface area contributed by atoms with Gasteiger partial charge >= 0.3 is 5.97 Å². The molecule has 0 bridgehead atoms. The maximum absolute atomic E-state index is 10.7. The van der Waals surface area contributed by atoms with Gasteiger partial charge in [0, 0.05) is 4.90 Å². The summed E-state index contributed by atoms with van der Waals surface area (Å²) >= 11 is 0. The van der Waals surface area contributed by atoms with Crippen LogP contribution in [0.4, 0.5) is 0 Å². The van der Waals surface area contributed by atoms with Crippen LogP contribution in [0.3, 0.4) is 0 Å². The van der Waals surface area contributed by atoms with Gasteiger partial charge in [0.1, 0.15) is 0 Å². The van der Waals surface area contributed by atoms with Crippen LogP contribution < -0.4 is 0 Å². The quantitative estimate of drug-likeness (QED) is 0.643. The predicted molar refractivity (Wildman–Crippen MR) is 52.9 cm³/mol. The number of hydrogen-bond acceptors (Lipinski definition) is 2. The van der Waals surface area contributed by atoms with Crippen molar-refractivity contribution in [2.45, 2.75) is 24.7 Å². The first-order valence-electron chi connectivity index (χ1n) is 2.99. The molecular formula is C5H13O2P3. The van der Waals surface area contributed by atoms with Gasteiger partial charge in [-0.25, -0.2) is 0 Å². The second kappa shape index (κ2) is 4.60. The second-order valence-corrected chi connectivity index (χ2v) is 5.46. The summed E-state index contributed by atoms with van der Waals surface area (Å²) in [7, 11) is 7.19. The molecule has 0 amide bonds. The van der Waals surface area contributed by atoms with Crippen LogP contribution in [-0.4, -0.2) is 10.9 Å². The summed E-state index contributed by atoms with van der Waals surface area (Å²) in [6, 6.07) is 0. The van der Waals surface area contributed by atoms with Crippen LogP contribution in [0.25, 0.3) is 0 Å². The highest BCUT2D eigenvalue weighted by atomic mass is 31.1. The van der Waals surface area contributed by atoms with Gasteiger partial charge in [0.25, 0.3) is 0 Å². The fourth-order valence-electron chi connectivity index (χ4n) is 0.435. The third-order valence-electron chi connectivity index (χ3n) is 1.26. The molecule has 5 heteroatoms. The summed E-state index contributed by atoms with van der Waals surface area (Å²) in [4.78, 5) is 10.6. The Hall–Kier alpha value is 0.760. The first kappa shape index (κ1) is 10.8. The molecular weight excluding hydrogens is 185 g/mol. The normalized spacial score (nSPS) is 11.2. The Morgan fingerprint density at radius 3 is 2.40 bits per heavy atom. The molecule has 60 valence electrons. The lowest BCUT2D eigenvalue weighted by Crippen LogP contribution is -2.15. The molecule has 2 nitrogen and oxygen atoms in total. The van der Waals surface area contributed by atoms with Crippen LogP contribution in [0.1, 0.15) is 19.8 Å². The van der Waals surface area contributed by atoms with E-state index in [1.54, 1.807) is 0 Å². The number of carbonyl (C=O) groups is 1. The van der Waals surface area contributed by atoms with E-state index in [1.807, 2.05) is 16.4 Å². The standard InChI is InChI=1S/C5H13O2P3/c1-2-5(8,9)3-4(6)7-10/h2-3,8-10H2,1H3. The minimum Gasteiger partial charge on any atom is -0.451 e. The zero-order valence-electron chi connectivity index (χ0n) is 5.96. The van der Waals surface area contributed by atoms with Crippen molar-refractivity contribution < 1.29 is 9.32 Å². The van der Waals surface area contributed by atoms with Gasteiger partial charge < -0.3 is 4.52 Å². The van der Waals surface area contributed by atoms with Crippen molar-refractivity contribution in [2.75, 3.05) is 0 Å². The smallest absolute Gasteiger partial charge is 0.309 e. The van der Waals surface area contributed by atoms with E-state index >= 15 is 0 Å². The van der Waals surface area contributed by atoms with Gasteiger partial charge in [-0.05, 0) is 6.42 Å². The van der Waals surface area contributed by atoms with Crippen LogP contribution in [0.15, 0.2) is 0 Å². The number of rotatable bonds is 3. The Balaban J connectivity index is 3.76. The van der Waals surface area contributed by atoms with Crippen molar-refractivity contribution in [1.29, 1.82) is 0 Å². The van der Waals surface area contributed by atoms with E-state index in [0.717, 1.165) is 6.42 Å². The molecule has 0 aromatic heterocycles. The third kappa shape index (κ3) is 4.56. The first-order chi connectivity index (χ1) is 4.52. The molecule has 0 saturated heterocycles. The minimum atomic E-state index is -0.197. The molecule has 0 aromatic carbocycles. The van der Waals surface area contributed by atoms with E-state index in [-0.39, 0.29) is 10.9 Å². The largest absolute Gasteiger partial charge is 0.451 e. The fourth-order valence-corrected chi connectivity index (χ4v) is 0.852. The van der Waals surface area contributed by atoms with Crippen molar-refractivity contribution in [1.82, 2.24) is 0 Å². The van der Waals surface area contributed by atoms with E-state index in [2.05, 4.69) is 23.0 Å². The predicted octanol–water partition coefficient (Wildman–Crippen LogP) is 1.57. The highest BCUT2D eigenvalue weighted by molar-refractivity contribution is 7.40. The lowest BCUT2D eigenvalue weighted by Gasteiger charge is -2.19. The summed E-state index contributed by atoms with van der Waals surface area (Å²) in [5, 5.41) is 0. The highest BCUT2D eigenvalue weighted by Gasteiger charge is 2.20. The zero-order valence-corrected chi connectivity index (χ0v) is 9.43. The molecule has 0 aromatic rings. The highest BCUT2D eigenvalue weighted by Crippen LogP contribution is 2.34. The van der Waals surface area contributed by atoms with Gasteiger partial charge in [-0.1, -0.05) is 6.92 Å². The molecule has 10 heavy (non-hydrogen) atoms. The summed E-state index contributed by atoms with van der Waals surface area (Å²) in [5.74, 6) is -0.197. The van der Waals surface area contributed by atoms with E-state index in [0.29, 0.717) is 6.42 Å². The lowest BCUT2D eigenvalue weighted by atomic mass is 10.2. The third-order valence-corrected chi connectivity index (χ3v) is 2.75. The Labute approximate surface area is 68.6 Å². The summed E-state index contributed by atoms with van der Waals surface area (Å²) in [5.41, 5.74) is 0. The Kier molecular flexibility index (Phi) is 4.95. The minimum absolute atomic E-state index is 0.0896. The van der Waals surface area contributed by atoms with Crippen molar-refractivity contribution in [2.24, 2.45) is 0 Å². The zero-order chi connectivity index (χ0) is 8.20. The maximum atomic E-state index is 10.7. The second-order valence-electron chi connectivity index (χ2n) is 2.25. The van der Waals surface area contributed by atoms with E-state index in [1.165, 1.54) is 0 Å². The van der Waals surface area contributed by atoms with Gasteiger partial charge in [-0.3, -0.25) is 4.79 Å². The Morgan fingerprint density at radius 1 is 1.60 bits per heavy atom. The molecule has 0 aliphatic heterocycles. The molecule has 0 rings (SSSR count). The molecule has 0 heterocycles. The van der Waals surface area contributed by atoms with Gasteiger partial charge in [0.2, 0.25) is 0 Å². The first-order valence-corrected chi connectivity index (χ1v) is 4.62. The monoisotopic (exact) mass is 198 g/mol. The molecule has 0 radical (unpaired) electrons. The van der Waals surface area contributed by atoms with Gasteiger partial charge in [-0.2, -0.15) is 0 Å². The van der Waals surface area contributed by atoms with Crippen LogP contribution >= 0.6 is 27.9 Å². The maximum Gasteiger partial charge on any atom is 0.309 e. The van der Waals surface area contributed by atoms with Gasteiger partial charge in [0.15, 0.2) is 0 Å². The summed E-state index contributed by atoms with van der Waals surface area (Å²) in [6.07, 6.45) is 1.34. The molecule has 0 aliphatic carbocycles. The van der Waals surface area contributed by atoms with Crippen LogP contribution in [0.5, 0.6) is 0 Å². The van der Waals surface area contributed by atoms with Crippen LogP contribution in [0, 0.1) is 0 Å². The van der Waals surface area contributed by atoms with Crippen molar-refractivity contribution >= 4 is 33.9 Å². The van der Waals surface area contributed by atoms with E-state index < -0.39 is 0 Å². The molecule has 0 saturated carbocycles. The summed E-state index contributed by atoms with van der Waals surface area (Å²) in [6.45, 7) is 2.02.